The van der Waals surface area contributed by atoms with E-state index in [0.717, 1.165) is 0 Å². The van der Waals surface area contributed by atoms with E-state index in [-0.39, 0.29) is 11.3 Å². The molecule has 0 radical (unpaired) electrons. The van der Waals surface area contributed by atoms with Crippen molar-refractivity contribution in [3.05, 3.63) is 52.9 Å². The van der Waals surface area contributed by atoms with Crippen molar-refractivity contribution in [1.82, 2.24) is 15.4 Å². The molecule has 0 bridgehead atoms. The molecule has 2 aliphatic rings. The number of ether oxygens (including phenoxy) is 2. The number of aryl methyl sites for hydroxylation is 1. The maximum absolute atomic E-state index is 13.2. The Morgan fingerprint density at radius 3 is 2.53 bits per heavy atom. The van der Waals surface area contributed by atoms with E-state index in [1.165, 1.54) is 16.7 Å². The third kappa shape index (κ3) is 4.75. The molecule has 36 heavy (non-hydrogen) atoms. The first-order chi connectivity index (χ1) is 17.0. The number of nitrogens with zero attached hydrogens (tertiary/aromatic N) is 2. The fourth-order valence-corrected chi connectivity index (χ4v) is 5.12. The number of esters is 2. The molecular formula is C25H27N3O7S. The van der Waals surface area contributed by atoms with Crippen molar-refractivity contribution in [3.63, 3.8) is 0 Å². The number of carbonyl (C=O) groups excluding carboxylic acids is 4. The monoisotopic (exact) mass is 513 g/mol. The molecule has 2 atom stereocenters. The normalized spacial score (nSPS) is 19.4. The molecule has 4 rings (SSSR count). The highest BCUT2D eigenvalue weighted by Crippen LogP contribution is 2.40. The summed E-state index contributed by atoms with van der Waals surface area (Å²) < 4.78 is 15.4. The Balaban J connectivity index is 1.44. The molecule has 10 nitrogen and oxygen atoms in total. The predicted molar refractivity (Wildman–Crippen MR) is 130 cm³/mol. The molecule has 2 amide bonds. The van der Waals surface area contributed by atoms with Gasteiger partial charge in [-0.2, -0.15) is 0 Å². The third-order valence-electron chi connectivity index (χ3n) is 5.77. The van der Waals surface area contributed by atoms with Crippen LogP contribution in [-0.2, 0) is 23.9 Å². The van der Waals surface area contributed by atoms with Crippen LogP contribution >= 0.6 is 11.8 Å². The van der Waals surface area contributed by atoms with Crippen LogP contribution in [0.2, 0.25) is 0 Å². The van der Waals surface area contributed by atoms with Crippen LogP contribution in [0.3, 0.4) is 0 Å². The summed E-state index contributed by atoms with van der Waals surface area (Å²) in [5.41, 5.74) is 1.37. The zero-order valence-electron chi connectivity index (χ0n) is 20.6. The molecule has 3 heterocycles. The molecule has 190 valence electrons. The number of amides is 2. The number of rotatable bonds is 6. The quantitative estimate of drug-likeness (QED) is 0.352. The number of β-lactam (4-membered cyclic amide) rings is 1. The van der Waals surface area contributed by atoms with Crippen molar-refractivity contribution in [3.8, 4) is 11.3 Å². The van der Waals surface area contributed by atoms with E-state index >= 15 is 0 Å². The fourth-order valence-electron chi connectivity index (χ4n) is 3.83. The van der Waals surface area contributed by atoms with Crippen LogP contribution in [0.25, 0.3) is 11.3 Å². The van der Waals surface area contributed by atoms with Gasteiger partial charge in [0.05, 0.1) is 5.41 Å². The van der Waals surface area contributed by atoms with Crippen molar-refractivity contribution in [2.24, 2.45) is 5.41 Å². The van der Waals surface area contributed by atoms with Gasteiger partial charge in [-0.15, -0.1) is 11.8 Å². The van der Waals surface area contributed by atoms with Crippen LogP contribution in [0.5, 0.6) is 0 Å². The van der Waals surface area contributed by atoms with E-state index in [9.17, 15) is 19.2 Å². The molecule has 2 aliphatic heterocycles. The summed E-state index contributed by atoms with van der Waals surface area (Å²) in [5, 5.41) is 6.31. The standard InChI is InChI=1S/C25H27N3O7S/c1-13-11-36-22-18(21(30)28(22)19(13)23(31)33-12-34-24(32)25(3,4)5)26-20(29)16-14(2)35-27-17(16)15-9-7-6-8-10-15/h6-10,18,22H,11-12H2,1-5H3,(H,26,29)/t18?,22-/m1/s1. The second-order valence-corrected chi connectivity index (χ2v) is 10.7. The van der Waals surface area contributed by atoms with E-state index in [4.69, 9.17) is 14.0 Å². The first-order valence-electron chi connectivity index (χ1n) is 11.3. The van der Waals surface area contributed by atoms with Crippen LogP contribution in [0.1, 0.15) is 43.8 Å². The van der Waals surface area contributed by atoms with Crippen molar-refractivity contribution in [2.45, 2.75) is 46.0 Å². The van der Waals surface area contributed by atoms with E-state index in [1.54, 1.807) is 34.6 Å². The largest absolute Gasteiger partial charge is 0.427 e. The molecule has 1 saturated heterocycles. The molecular weight excluding hydrogens is 486 g/mol. The van der Waals surface area contributed by atoms with E-state index in [1.807, 2.05) is 30.3 Å². The van der Waals surface area contributed by atoms with Gasteiger partial charge in [0.2, 0.25) is 6.79 Å². The Kier molecular flexibility index (Phi) is 6.94. The summed E-state index contributed by atoms with van der Waals surface area (Å²) in [6, 6.07) is 8.29. The van der Waals surface area contributed by atoms with Gasteiger partial charge in [0, 0.05) is 11.3 Å². The summed E-state index contributed by atoms with van der Waals surface area (Å²) in [5.74, 6) is -1.41. The van der Waals surface area contributed by atoms with Crippen LogP contribution in [0, 0.1) is 12.3 Å². The molecule has 0 saturated carbocycles. The number of hydrogen-bond acceptors (Lipinski definition) is 9. The zero-order valence-corrected chi connectivity index (χ0v) is 21.4. The highest BCUT2D eigenvalue weighted by molar-refractivity contribution is 8.00. The van der Waals surface area contributed by atoms with Crippen LogP contribution in [-0.4, -0.2) is 57.8 Å². The lowest BCUT2D eigenvalue weighted by atomic mass is 9.98. The Morgan fingerprint density at radius 2 is 1.86 bits per heavy atom. The maximum atomic E-state index is 13.2. The number of nitrogens with one attached hydrogen (secondary N) is 1. The molecule has 0 aliphatic carbocycles. The lowest BCUT2D eigenvalue weighted by Gasteiger charge is -2.49. The molecule has 1 fully saturated rings. The number of carbonyl (C=O) groups is 4. The lowest BCUT2D eigenvalue weighted by molar-refractivity contribution is -0.173. The van der Waals surface area contributed by atoms with Gasteiger partial charge in [0.1, 0.15) is 34.1 Å². The van der Waals surface area contributed by atoms with Gasteiger partial charge < -0.3 is 19.3 Å². The average Bonchev–Trinajstić information content (AvgIpc) is 3.23. The van der Waals surface area contributed by atoms with Crippen molar-refractivity contribution < 1.29 is 33.2 Å². The summed E-state index contributed by atoms with van der Waals surface area (Å²) in [7, 11) is 0. The van der Waals surface area contributed by atoms with Crippen molar-refractivity contribution in [1.29, 1.82) is 0 Å². The van der Waals surface area contributed by atoms with Gasteiger partial charge in [0.15, 0.2) is 0 Å². The van der Waals surface area contributed by atoms with Crippen LogP contribution < -0.4 is 5.32 Å². The van der Waals surface area contributed by atoms with E-state index in [2.05, 4.69) is 10.5 Å². The summed E-state index contributed by atoms with van der Waals surface area (Å²) in [4.78, 5) is 52.2. The Hall–Kier alpha value is -3.60. The summed E-state index contributed by atoms with van der Waals surface area (Å²) >= 11 is 1.43. The van der Waals surface area contributed by atoms with Gasteiger partial charge in [-0.1, -0.05) is 35.5 Å². The molecule has 1 aromatic carbocycles. The molecule has 1 aromatic heterocycles. The third-order valence-corrected chi connectivity index (χ3v) is 7.19. The number of hydrogen-bond donors (Lipinski definition) is 1. The summed E-state index contributed by atoms with van der Waals surface area (Å²) in [6.07, 6.45) is 0. The molecule has 2 aromatic rings. The highest BCUT2D eigenvalue weighted by atomic mass is 32.2. The topological polar surface area (TPSA) is 128 Å². The van der Waals surface area contributed by atoms with Crippen molar-refractivity contribution >= 4 is 35.5 Å². The van der Waals surface area contributed by atoms with E-state index < -0.39 is 47.4 Å². The SMILES string of the molecule is CC1=C(C(=O)OCOC(=O)C(C)(C)C)N2C(=O)C(NC(=O)c3c(-c4ccccc4)noc3C)[C@H]2SC1. The smallest absolute Gasteiger partial charge is 0.357 e. The first kappa shape index (κ1) is 25.5. The first-order valence-corrected chi connectivity index (χ1v) is 12.4. The number of benzene rings is 1. The highest BCUT2D eigenvalue weighted by Gasteiger charge is 2.54. The number of fused-ring (bicyclic) bond motifs is 1. The maximum Gasteiger partial charge on any atom is 0.357 e. The minimum absolute atomic E-state index is 0.104. The molecule has 11 heteroatoms. The van der Waals surface area contributed by atoms with Gasteiger partial charge in [-0.3, -0.25) is 19.3 Å². The lowest BCUT2D eigenvalue weighted by Crippen LogP contribution is -2.70. The second-order valence-electron chi connectivity index (χ2n) is 9.55. The Labute approximate surface area is 212 Å². The Morgan fingerprint density at radius 1 is 1.17 bits per heavy atom. The number of thioether (sulfide) groups is 1. The average molecular weight is 514 g/mol. The fraction of sp³-hybridized carbons (Fsp3) is 0.400. The molecule has 1 unspecified atom stereocenters. The number of aromatic nitrogens is 1. The minimum atomic E-state index is -0.838. The predicted octanol–water partition coefficient (Wildman–Crippen LogP) is 3.03. The van der Waals surface area contributed by atoms with Gasteiger partial charge in [-0.05, 0) is 40.2 Å². The van der Waals surface area contributed by atoms with Gasteiger partial charge in [-0.25, -0.2) is 4.79 Å². The van der Waals surface area contributed by atoms with Gasteiger partial charge in [0.25, 0.3) is 11.8 Å². The minimum Gasteiger partial charge on any atom is -0.427 e. The van der Waals surface area contributed by atoms with Gasteiger partial charge >= 0.3 is 11.9 Å². The molecule has 0 spiro atoms. The van der Waals surface area contributed by atoms with Crippen LogP contribution in [0.15, 0.2) is 46.1 Å². The van der Waals surface area contributed by atoms with Crippen LogP contribution in [0.4, 0.5) is 0 Å². The molecule has 1 N–H and O–H groups in total. The second kappa shape index (κ2) is 9.81. The zero-order chi connectivity index (χ0) is 26.2. The Bertz CT molecular complexity index is 1250. The van der Waals surface area contributed by atoms with Crippen molar-refractivity contribution in [2.75, 3.05) is 12.5 Å². The van der Waals surface area contributed by atoms with E-state index in [0.29, 0.717) is 28.3 Å². The summed E-state index contributed by atoms with van der Waals surface area (Å²) in [6.45, 7) is 7.86.